The molecule has 0 aliphatic rings. The van der Waals surface area contributed by atoms with E-state index in [1.165, 1.54) is 238 Å². The Morgan fingerprint density at radius 3 is 0.879 bits per heavy atom. The van der Waals surface area contributed by atoms with Crippen molar-refractivity contribution in [3.63, 3.8) is 0 Å². The topological polar surface area (TPSA) is 61.8 Å². The number of unbranched alkanes of at least 4 members (excludes halogenated alkanes) is 39. The van der Waals surface area contributed by atoms with E-state index in [-0.39, 0.29) is 18.5 Å². The van der Waals surface area contributed by atoms with Crippen LogP contribution in [0.5, 0.6) is 0 Å². The lowest BCUT2D eigenvalue weighted by molar-refractivity contribution is -0.163. The second-order valence-corrected chi connectivity index (χ2v) is 18.2. The molecule has 1 atom stereocenters. The molecule has 0 aliphatic heterocycles. The molecule has 0 N–H and O–H groups in total. The van der Waals surface area contributed by atoms with Crippen LogP contribution in [-0.4, -0.2) is 37.9 Å². The van der Waals surface area contributed by atoms with Gasteiger partial charge in [-0.1, -0.05) is 271 Å². The van der Waals surface area contributed by atoms with Crippen molar-refractivity contribution in [2.24, 2.45) is 0 Å². The zero-order chi connectivity index (χ0) is 42.1. The van der Waals surface area contributed by atoms with E-state index in [9.17, 15) is 9.59 Å². The van der Waals surface area contributed by atoms with Gasteiger partial charge in [0.05, 0.1) is 6.61 Å². The third-order valence-electron chi connectivity index (χ3n) is 12.1. The Hall–Kier alpha value is -1.10. The second kappa shape index (κ2) is 50.3. The van der Waals surface area contributed by atoms with E-state index in [4.69, 9.17) is 14.2 Å². The summed E-state index contributed by atoms with van der Waals surface area (Å²) in [4.78, 5) is 25.3. The number of hydrogen-bond acceptors (Lipinski definition) is 5. The van der Waals surface area contributed by atoms with Crippen molar-refractivity contribution in [2.75, 3.05) is 19.8 Å². The van der Waals surface area contributed by atoms with Crippen molar-refractivity contribution in [1.29, 1.82) is 0 Å². The molecule has 0 heterocycles. The average Bonchev–Trinajstić information content (AvgIpc) is 3.22. The van der Waals surface area contributed by atoms with Gasteiger partial charge in [0.15, 0.2) is 6.10 Å². The van der Waals surface area contributed by atoms with Crippen LogP contribution < -0.4 is 0 Å². The van der Waals surface area contributed by atoms with Crippen molar-refractivity contribution >= 4 is 11.9 Å². The minimum atomic E-state index is -0.522. The Kier molecular flexibility index (Phi) is 49.3. The van der Waals surface area contributed by atoms with E-state index in [1.807, 2.05) is 0 Å². The lowest BCUT2D eigenvalue weighted by atomic mass is 10.0. The van der Waals surface area contributed by atoms with E-state index in [2.05, 4.69) is 20.8 Å². The number of hydrogen-bond donors (Lipinski definition) is 0. The smallest absolute Gasteiger partial charge is 0.306 e. The molecule has 0 aromatic heterocycles. The summed E-state index contributed by atoms with van der Waals surface area (Å²) in [6, 6.07) is 0. The van der Waals surface area contributed by atoms with Crippen LogP contribution in [0.2, 0.25) is 0 Å². The summed E-state index contributed by atoms with van der Waals surface area (Å²) in [7, 11) is 0. The van der Waals surface area contributed by atoms with E-state index < -0.39 is 6.10 Å². The van der Waals surface area contributed by atoms with Crippen molar-refractivity contribution in [3.05, 3.63) is 0 Å². The standard InChI is InChI=1S/C53H104O5/c1-4-7-10-13-16-19-21-23-25-26-27-29-31-33-36-39-42-45-48-56-49-51(58-53(55)47-44-41-38-34-18-15-12-9-6-3)50-57-52(54)46-43-40-37-35-32-30-28-24-22-20-17-14-11-8-5-2/h51H,4-50H2,1-3H3. The van der Waals surface area contributed by atoms with E-state index in [1.54, 1.807) is 0 Å². The maximum atomic E-state index is 12.7. The van der Waals surface area contributed by atoms with Gasteiger partial charge in [-0.15, -0.1) is 0 Å². The second-order valence-electron chi connectivity index (χ2n) is 18.2. The first-order valence-corrected chi connectivity index (χ1v) is 26.6. The Balaban J connectivity index is 4.09. The number of carbonyl (C=O) groups is 2. The molecule has 0 saturated carbocycles. The highest BCUT2D eigenvalue weighted by Crippen LogP contribution is 2.17. The molecule has 0 bridgehead atoms. The summed E-state index contributed by atoms with van der Waals surface area (Å²) < 4.78 is 17.4. The Morgan fingerprint density at radius 2 is 0.569 bits per heavy atom. The van der Waals surface area contributed by atoms with Crippen LogP contribution in [0.15, 0.2) is 0 Å². The molecule has 0 aromatic rings. The molecule has 0 radical (unpaired) electrons. The number of esters is 2. The molecule has 0 amide bonds. The largest absolute Gasteiger partial charge is 0.462 e. The summed E-state index contributed by atoms with van der Waals surface area (Å²) in [5.74, 6) is -0.374. The van der Waals surface area contributed by atoms with Gasteiger partial charge in [0.2, 0.25) is 0 Å². The fourth-order valence-corrected chi connectivity index (χ4v) is 8.16. The molecule has 0 aliphatic carbocycles. The van der Waals surface area contributed by atoms with Gasteiger partial charge in [0, 0.05) is 19.4 Å². The molecule has 0 aromatic carbocycles. The number of ether oxygens (including phenoxy) is 3. The van der Waals surface area contributed by atoms with E-state index >= 15 is 0 Å². The molecular formula is C53H104O5. The molecule has 5 heteroatoms. The summed E-state index contributed by atoms with van der Waals surface area (Å²) in [6.45, 7) is 7.89. The molecule has 1 unspecified atom stereocenters. The van der Waals surface area contributed by atoms with Gasteiger partial charge in [-0.25, -0.2) is 0 Å². The molecule has 0 spiro atoms. The Morgan fingerprint density at radius 1 is 0.310 bits per heavy atom. The highest BCUT2D eigenvalue weighted by Gasteiger charge is 2.17. The average molecular weight is 821 g/mol. The molecule has 0 saturated heterocycles. The van der Waals surface area contributed by atoms with Crippen LogP contribution in [0.25, 0.3) is 0 Å². The SMILES string of the molecule is CCCCCCCCCCCCCCCCCCCCOCC(COC(=O)CCCCCCCCCCCCCCCCC)OC(=O)CCCCCCCCCCC. The van der Waals surface area contributed by atoms with Crippen LogP contribution in [0, 0.1) is 0 Å². The van der Waals surface area contributed by atoms with Crippen molar-refractivity contribution in [1.82, 2.24) is 0 Å². The third-order valence-corrected chi connectivity index (χ3v) is 12.1. The Bertz CT molecular complexity index is 799. The number of rotatable bonds is 50. The van der Waals surface area contributed by atoms with Gasteiger partial charge < -0.3 is 14.2 Å². The van der Waals surface area contributed by atoms with Crippen LogP contribution in [0.3, 0.4) is 0 Å². The maximum absolute atomic E-state index is 12.7. The first-order chi connectivity index (χ1) is 28.6. The fraction of sp³-hybridized carbons (Fsp3) is 0.962. The zero-order valence-corrected chi connectivity index (χ0v) is 39.9. The first-order valence-electron chi connectivity index (χ1n) is 26.6. The van der Waals surface area contributed by atoms with Gasteiger partial charge in [-0.3, -0.25) is 9.59 Å². The molecule has 58 heavy (non-hydrogen) atoms. The predicted molar refractivity (Wildman–Crippen MR) is 252 cm³/mol. The lowest BCUT2D eigenvalue weighted by Gasteiger charge is -2.18. The molecule has 5 nitrogen and oxygen atoms in total. The number of carbonyl (C=O) groups excluding carboxylic acids is 2. The molecular weight excluding hydrogens is 717 g/mol. The quantitative estimate of drug-likeness (QED) is 0.0452. The highest BCUT2D eigenvalue weighted by atomic mass is 16.6. The monoisotopic (exact) mass is 821 g/mol. The van der Waals surface area contributed by atoms with Gasteiger partial charge in [0.1, 0.15) is 6.61 Å². The predicted octanol–water partition coefficient (Wildman–Crippen LogP) is 17.7. The fourth-order valence-electron chi connectivity index (χ4n) is 8.16. The first kappa shape index (κ1) is 56.9. The minimum absolute atomic E-state index is 0.0974. The van der Waals surface area contributed by atoms with Gasteiger partial charge in [0.25, 0.3) is 0 Å². The van der Waals surface area contributed by atoms with Crippen molar-refractivity contribution in [2.45, 2.75) is 309 Å². The summed E-state index contributed by atoms with van der Waals surface area (Å²) in [5.41, 5.74) is 0. The van der Waals surface area contributed by atoms with Crippen LogP contribution in [-0.2, 0) is 23.8 Å². The highest BCUT2D eigenvalue weighted by molar-refractivity contribution is 5.70. The van der Waals surface area contributed by atoms with E-state index in [0.717, 1.165) is 32.1 Å². The van der Waals surface area contributed by atoms with Gasteiger partial charge >= 0.3 is 11.9 Å². The summed E-state index contributed by atoms with van der Waals surface area (Å²) in [5, 5.41) is 0. The lowest BCUT2D eigenvalue weighted by Crippen LogP contribution is -2.30. The molecule has 346 valence electrons. The Labute approximate surface area is 363 Å². The maximum Gasteiger partial charge on any atom is 0.306 e. The van der Waals surface area contributed by atoms with Crippen molar-refractivity contribution < 1.29 is 23.8 Å². The zero-order valence-electron chi connectivity index (χ0n) is 39.9. The molecule has 0 rings (SSSR count). The van der Waals surface area contributed by atoms with Gasteiger partial charge in [-0.2, -0.15) is 0 Å². The van der Waals surface area contributed by atoms with E-state index in [0.29, 0.717) is 26.1 Å². The van der Waals surface area contributed by atoms with Gasteiger partial charge in [-0.05, 0) is 19.3 Å². The minimum Gasteiger partial charge on any atom is -0.462 e. The normalized spacial score (nSPS) is 12.0. The summed E-state index contributed by atoms with van der Waals surface area (Å²) in [6.07, 6.45) is 55.4. The summed E-state index contributed by atoms with van der Waals surface area (Å²) >= 11 is 0. The van der Waals surface area contributed by atoms with Crippen LogP contribution in [0.4, 0.5) is 0 Å². The third kappa shape index (κ3) is 47.6. The van der Waals surface area contributed by atoms with Crippen LogP contribution in [0.1, 0.15) is 303 Å². The van der Waals surface area contributed by atoms with Crippen molar-refractivity contribution in [3.8, 4) is 0 Å². The van der Waals surface area contributed by atoms with Crippen LogP contribution >= 0.6 is 0 Å². The molecule has 0 fully saturated rings.